The summed E-state index contributed by atoms with van der Waals surface area (Å²) in [7, 11) is 0. The molecule has 0 N–H and O–H groups in total. The first-order chi connectivity index (χ1) is 11.8. The molecule has 1 aliphatic rings. The summed E-state index contributed by atoms with van der Waals surface area (Å²) in [6.07, 6.45) is -2.46. The third kappa shape index (κ3) is 2.85. The van der Waals surface area contributed by atoms with E-state index in [0.29, 0.717) is 16.8 Å². The molecule has 0 aliphatic carbocycles. The largest absolute Gasteiger partial charge is 0.413 e. The van der Waals surface area contributed by atoms with Crippen LogP contribution in [0.4, 0.5) is 13.2 Å². The lowest BCUT2D eigenvalue weighted by Crippen LogP contribution is -2.46. The van der Waals surface area contributed by atoms with Gasteiger partial charge in [0.15, 0.2) is 11.7 Å². The molecule has 25 heavy (non-hydrogen) atoms. The summed E-state index contributed by atoms with van der Waals surface area (Å²) in [6, 6.07) is 4.56. The second-order valence-corrected chi connectivity index (χ2v) is 7.65. The first-order valence-corrected chi connectivity index (χ1v) is 9.11. The normalized spacial score (nSPS) is 17.8. The van der Waals surface area contributed by atoms with Gasteiger partial charge in [-0.1, -0.05) is 0 Å². The highest BCUT2D eigenvalue weighted by molar-refractivity contribution is 9.10. The number of carbonyl (C=O) groups is 1. The van der Waals surface area contributed by atoms with Crippen LogP contribution in [0.15, 0.2) is 40.3 Å². The third-order valence-corrected chi connectivity index (χ3v) is 5.65. The number of fused-ring (bicyclic) bond motifs is 2. The number of rotatable bonds is 1. The maximum absolute atomic E-state index is 13.7. The molecule has 0 saturated carbocycles. The summed E-state index contributed by atoms with van der Waals surface area (Å²) in [4.78, 5) is 14.4. The highest BCUT2D eigenvalue weighted by Gasteiger charge is 2.49. The summed E-state index contributed by atoms with van der Waals surface area (Å²) in [6.45, 7) is 0.0219. The Morgan fingerprint density at radius 3 is 2.88 bits per heavy atom. The van der Waals surface area contributed by atoms with Crippen LogP contribution in [0.25, 0.3) is 5.52 Å². The Morgan fingerprint density at radius 1 is 1.32 bits per heavy atom. The Labute approximate surface area is 153 Å². The first kappa shape index (κ1) is 16.6. The Balaban J connectivity index is 1.75. The van der Waals surface area contributed by atoms with Crippen LogP contribution < -0.4 is 0 Å². The van der Waals surface area contributed by atoms with Gasteiger partial charge in [0.25, 0.3) is 5.91 Å². The molecule has 0 radical (unpaired) electrons. The molecule has 4 rings (SSSR count). The fourth-order valence-corrected chi connectivity index (χ4v) is 4.33. The molecule has 1 aliphatic heterocycles. The minimum Gasteiger partial charge on any atom is -0.321 e. The summed E-state index contributed by atoms with van der Waals surface area (Å²) < 4.78 is 43.2. The molecule has 0 spiro atoms. The third-order valence-electron chi connectivity index (χ3n) is 4.18. The predicted molar refractivity (Wildman–Crippen MR) is 90.7 cm³/mol. The number of pyridine rings is 1. The lowest BCUT2D eigenvalue weighted by atomic mass is 9.99. The molecule has 4 heterocycles. The number of aromatic nitrogens is 2. The Kier molecular flexibility index (Phi) is 3.88. The molecular weight excluding hydrogens is 419 g/mol. The fraction of sp³-hybridized carbons (Fsp3) is 0.250. The molecule has 0 aromatic carbocycles. The molecule has 1 unspecified atom stereocenters. The molecule has 1 amide bonds. The fourth-order valence-electron chi connectivity index (χ4n) is 3.10. The van der Waals surface area contributed by atoms with Crippen molar-refractivity contribution in [1.29, 1.82) is 0 Å². The monoisotopic (exact) mass is 429 g/mol. The summed E-state index contributed by atoms with van der Waals surface area (Å²) >= 11 is 4.60. The van der Waals surface area contributed by atoms with Crippen LogP contribution in [-0.4, -0.2) is 33.1 Å². The molecule has 0 saturated heterocycles. The number of hydrogen-bond acceptors (Lipinski definition) is 3. The molecule has 1 atom stereocenters. The molecule has 0 fully saturated rings. The van der Waals surface area contributed by atoms with Crippen LogP contribution in [0.2, 0.25) is 0 Å². The number of carbonyl (C=O) groups excluding carboxylic acids is 1. The van der Waals surface area contributed by atoms with Crippen molar-refractivity contribution in [3.05, 3.63) is 56.4 Å². The van der Waals surface area contributed by atoms with Crippen LogP contribution >= 0.6 is 27.3 Å². The van der Waals surface area contributed by atoms with Gasteiger partial charge in [-0.2, -0.15) is 18.3 Å². The Bertz CT molecular complexity index is 965. The van der Waals surface area contributed by atoms with Gasteiger partial charge in [0.05, 0.1) is 5.52 Å². The van der Waals surface area contributed by atoms with E-state index in [1.807, 2.05) is 0 Å². The highest BCUT2D eigenvalue weighted by atomic mass is 79.9. The minimum atomic E-state index is -4.53. The number of amides is 1. The van der Waals surface area contributed by atoms with Crippen molar-refractivity contribution in [2.45, 2.75) is 18.6 Å². The maximum Gasteiger partial charge on any atom is 0.413 e. The zero-order chi connectivity index (χ0) is 17.8. The van der Waals surface area contributed by atoms with Gasteiger partial charge < -0.3 is 4.90 Å². The van der Waals surface area contributed by atoms with E-state index < -0.39 is 18.1 Å². The topological polar surface area (TPSA) is 37.6 Å². The standard InChI is InChI=1S/C16H11BrF3N3OS/c17-9-1-2-10-7-12(21-23(10)8-9)15(24)22-5-3-13-11(4-6-25-13)14(22)16(18,19)20/h1-2,4,6-8,14H,3,5H2. The Morgan fingerprint density at radius 2 is 2.12 bits per heavy atom. The number of hydrogen-bond donors (Lipinski definition) is 0. The summed E-state index contributed by atoms with van der Waals surface area (Å²) in [5.41, 5.74) is 0.818. The number of alkyl halides is 3. The number of halogens is 4. The molecule has 9 heteroatoms. The van der Waals surface area contributed by atoms with E-state index in [9.17, 15) is 18.0 Å². The van der Waals surface area contributed by atoms with Gasteiger partial charge in [-0.05, 0) is 57.6 Å². The van der Waals surface area contributed by atoms with E-state index in [1.54, 1.807) is 23.7 Å². The van der Waals surface area contributed by atoms with Gasteiger partial charge in [-0.3, -0.25) is 4.79 Å². The second kappa shape index (κ2) is 5.84. The lowest BCUT2D eigenvalue weighted by molar-refractivity contribution is -0.181. The van der Waals surface area contributed by atoms with Gasteiger partial charge in [0.1, 0.15) is 0 Å². The van der Waals surface area contributed by atoms with Gasteiger partial charge in [-0.15, -0.1) is 11.3 Å². The minimum absolute atomic E-state index is 0.00558. The van der Waals surface area contributed by atoms with E-state index in [0.717, 1.165) is 9.37 Å². The van der Waals surface area contributed by atoms with E-state index in [-0.39, 0.29) is 17.8 Å². The van der Waals surface area contributed by atoms with Crippen molar-refractivity contribution in [2.75, 3.05) is 6.54 Å². The van der Waals surface area contributed by atoms with Crippen LogP contribution in [0, 0.1) is 0 Å². The van der Waals surface area contributed by atoms with Gasteiger partial charge in [0, 0.05) is 22.1 Å². The predicted octanol–water partition coefficient (Wildman–Crippen LogP) is 4.46. The second-order valence-electron chi connectivity index (χ2n) is 5.74. The zero-order valence-corrected chi connectivity index (χ0v) is 15.0. The average molecular weight is 430 g/mol. The maximum atomic E-state index is 13.7. The van der Waals surface area contributed by atoms with Crippen molar-refractivity contribution in [2.24, 2.45) is 0 Å². The quantitative estimate of drug-likeness (QED) is 0.572. The SMILES string of the molecule is O=C(c1cc2ccc(Br)cn2n1)N1CCc2sccc2C1C(F)(F)F. The molecule has 0 bridgehead atoms. The van der Waals surface area contributed by atoms with E-state index in [4.69, 9.17) is 0 Å². The van der Waals surface area contributed by atoms with E-state index >= 15 is 0 Å². The average Bonchev–Trinajstić information content (AvgIpc) is 3.17. The summed E-state index contributed by atoms with van der Waals surface area (Å²) in [5, 5.41) is 5.78. The molecule has 3 aromatic rings. The van der Waals surface area contributed by atoms with Crippen molar-refractivity contribution < 1.29 is 18.0 Å². The Hall–Kier alpha value is -1.87. The number of nitrogens with zero attached hydrogens (tertiary/aromatic N) is 3. The van der Waals surface area contributed by atoms with Crippen molar-refractivity contribution in [1.82, 2.24) is 14.5 Å². The highest BCUT2D eigenvalue weighted by Crippen LogP contribution is 2.44. The van der Waals surface area contributed by atoms with E-state index in [2.05, 4.69) is 21.0 Å². The molecule has 3 aromatic heterocycles. The van der Waals surface area contributed by atoms with Crippen LogP contribution in [0.1, 0.15) is 27.0 Å². The molecular formula is C16H11BrF3N3OS. The van der Waals surface area contributed by atoms with Crippen LogP contribution in [-0.2, 0) is 6.42 Å². The number of thiophene rings is 1. The van der Waals surface area contributed by atoms with Crippen molar-refractivity contribution >= 4 is 38.7 Å². The van der Waals surface area contributed by atoms with Crippen LogP contribution in [0.5, 0.6) is 0 Å². The first-order valence-electron chi connectivity index (χ1n) is 7.43. The van der Waals surface area contributed by atoms with Gasteiger partial charge in [0.2, 0.25) is 0 Å². The van der Waals surface area contributed by atoms with Gasteiger partial charge in [-0.25, -0.2) is 4.52 Å². The smallest absolute Gasteiger partial charge is 0.321 e. The van der Waals surface area contributed by atoms with E-state index in [1.165, 1.54) is 28.0 Å². The van der Waals surface area contributed by atoms with Gasteiger partial charge >= 0.3 is 6.18 Å². The zero-order valence-electron chi connectivity index (χ0n) is 12.6. The molecule has 4 nitrogen and oxygen atoms in total. The van der Waals surface area contributed by atoms with Crippen molar-refractivity contribution in [3.63, 3.8) is 0 Å². The molecule has 130 valence electrons. The summed E-state index contributed by atoms with van der Waals surface area (Å²) in [5.74, 6) is -0.709. The lowest BCUT2D eigenvalue weighted by Gasteiger charge is -2.36. The van der Waals surface area contributed by atoms with Crippen LogP contribution in [0.3, 0.4) is 0 Å². The van der Waals surface area contributed by atoms with Crippen molar-refractivity contribution in [3.8, 4) is 0 Å².